The minimum atomic E-state index is -2.09. The van der Waals surface area contributed by atoms with E-state index < -0.39 is 28.9 Å². The maximum Gasteiger partial charge on any atom is 0.316 e. The van der Waals surface area contributed by atoms with E-state index in [0.29, 0.717) is 47.2 Å². The van der Waals surface area contributed by atoms with Gasteiger partial charge in [0.05, 0.1) is 36.9 Å². The fourth-order valence-electron chi connectivity index (χ4n) is 4.28. The molecule has 3 heterocycles. The lowest BCUT2D eigenvalue weighted by atomic mass is 9.91. The highest BCUT2D eigenvalue weighted by molar-refractivity contribution is 5.85. The summed E-state index contributed by atoms with van der Waals surface area (Å²) in [5.74, 6) is -3.07. The first kappa shape index (κ1) is 25.4. The SMILES string of the molecule is CC1(C(=O)OCC2CC2)COC(C(N)=O)(c2nc(-c3ccc(F)cc3)c(-c3ccnc(NC4CC4)n3)[nH]2)OC1. The van der Waals surface area contributed by atoms with Crippen molar-refractivity contribution in [3.63, 3.8) is 0 Å². The van der Waals surface area contributed by atoms with E-state index in [1.54, 1.807) is 31.3 Å². The molecule has 3 aliphatic rings. The summed E-state index contributed by atoms with van der Waals surface area (Å²) in [7, 11) is 0. The van der Waals surface area contributed by atoms with Crippen LogP contribution in [0.1, 0.15) is 38.4 Å². The molecule has 0 radical (unpaired) electrons. The van der Waals surface area contributed by atoms with Crippen molar-refractivity contribution in [3.05, 3.63) is 48.2 Å². The van der Waals surface area contributed by atoms with E-state index in [2.05, 4.69) is 25.3 Å². The number of carbonyl (C=O) groups excluding carboxylic acids is 2. The first-order chi connectivity index (χ1) is 18.8. The highest BCUT2D eigenvalue weighted by atomic mass is 19.1. The van der Waals surface area contributed by atoms with E-state index in [1.807, 2.05) is 0 Å². The molecule has 1 aliphatic heterocycles. The monoisotopic (exact) mass is 536 g/mol. The number of amides is 1. The van der Waals surface area contributed by atoms with Gasteiger partial charge in [-0.05, 0) is 68.9 Å². The summed E-state index contributed by atoms with van der Waals surface area (Å²) in [6.45, 7) is 1.66. The van der Waals surface area contributed by atoms with Crippen molar-refractivity contribution in [2.24, 2.45) is 17.1 Å². The number of anilines is 1. The maximum atomic E-state index is 13.7. The number of aromatic nitrogens is 4. The van der Waals surface area contributed by atoms with Crippen LogP contribution in [0.5, 0.6) is 0 Å². The van der Waals surface area contributed by atoms with Crippen LogP contribution in [0.2, 0.25) is 0 Å². The second-order valence-corrected chi connectivity index (χ2v) is 10.7. The molecule has 0 bridgehead atoms. The van der Waals surface area contributed by atoms with Gasteiger partial charge in [-0.3, -0.25) is 9.59 Å². The molecule has 2 aliphatic carbocycles. The predicted molar refractivity (Wildman–Crippen MR) is 136 cm³/mol. The highest BCUT2D eigenvalue weighted by Gasteiger charge is 2.54. The zero-order valence-corrected chi connectivity index (χ0v) is 21.4. The molecule has 0 atom stereocenters. The molecule has 39 heavy (non-hydrogen) atoms. The van der Waals surface area contributed by atoms with Crippen molar-refractivity contribution < 1.29 is 28.2 Å². The van der Waals surface area contributed by atoms with Crippen LogP contribution < -0.4 is 11.1 Å². The number of hydrogen-bond donors (Lipinski definition) is 3. The van der Waals surface area contributed by atoms with Gasteiger partial charge in [0.1, 0.15) is 11.2 Å². The van der Waals surface area contributed by atoms with Gasteiger partial charge >= 0.3 is 11.8 Å². The van der Waals surface area contributed by atoms with Crippen LogP contribution in [-0.4, -0.2) is 57.7 Å². The Kier molecular flexibility index (Phi) is 6.31. The van der Waals surface area contributed by atoms with Gasteiger partial charge in [-0.1, -0.05) is 0 Å². The zero-order valence-electron chi connectivity index (χ0n) is 21.4. The van der Waals surface area contributed by atoms with Crippen molar-refractivity contribution in [3.8, 4) is 22.6 Å². The fraction of sp³-hybridized carbons (Fsp3) is 0.444. The average Bonchev–Trinajstić information content (AvgIpc) is 3.87. The number of primary amides is 1. The van der Waals surface area contributed by atoms with E-state index in [0.717, 1.165) is 25.7 Å². The second-order valence-electron chi connectivity index (χ2n) is 10.7. The van der Waals surface area contributed by atoms with Gasteiger partial charge in [-0.2, -0.15) is 0 Å². The van der Waals surface area contributed by atoms with Crippen molar-refractivity contribution in [1.82, 2.24) is 19.9 Å². The van der Waals surface area contributed by atoms with Crippen LogP contribution in [0.4, 0.5) is 10.3 Å². The van der Waals surface area contributed by atoms with Gasteiger partial charge in [0.25, 0.3) is 5.91 Å². The predicted octanol–water partition coefficient (Wildman–Crippen LogP) is 2.89. The summed E-state index contributed by atoms with van der Waals surface area (Å²) in [6, 6.07) is 7.77. The molecule has 4 N–H and O–H groups in total. The molecule has 0 spiro atoms. The van der Waals surface area contributed by atoms with Crippen LogP contribution in [0.3, 0.4) is 0 Å². The van der Waals surface area contributed by atoms with E-state index in [9.17, 15) is 14.0 Å². The lowest BCUT2D eigenvalue weighted by molar-refractivity contribution is -0.293. The van der Waals surface area contributed by atoms with E-state index >= 15 is 0 Å². The first-order valence-corrected chi connectivity index (χ1v) is 13.0. The topological polar surface area (TPSA) is 154 Å². The third-order valence-corrected chi connectivity index (χ3v) is 7.11. The normalized spacial score (nSPS) is 24.8. The zero-order chi connectivity index (χ0) is 27.2. The van der Waals surface area contributed by atoms with Gasteiger partial charge < -0.3 is 30.2 Å². The summed E-state index contributed by atoms with van der Waals surface area (Å²) in [4.78, 5) is 42.2. The number of halogens is 1. The summed E-state index contributed by atoms with van der Waals surface area (Å²) >= 11 is 0. The number of rotatable bonds is 9. The largest absolute Gasteiger partial charge is 0.465 e. The number of nitrogens with two attached hydrogens (primary N) is 1. The quantitative estimate of drug-likeness (QED) is 0.350. The lowest BCUT2D eigenvalue weighted by Crippen LogP contribution is -2.56. The van der Waals surface area contributed by atoms with Crippen molar-refractivity contribution in [1.29, 1.82) is 0 Å². The average molecular weight is 537 g/mol. The van der Waals surface area contributed by atoms with E-state index in [4.69, 9.17) is 19.9 Å². The summed E-state index contributed by atoms with van der Waals surface area (Å²) in [5, 5.41) is 3.26. The highest BCUT2D eigenvalue weighted by Crippen LogP contribution is 2.40. The van der Waals surface area contributed by atoms with Gasteiger partial charge in [0.2, 0.25) is 5.95 Å². The molecule has 204 valence electrons. The Morgan fingerprint density at radius 3 is 2.49 bits per heavy atom. The number of carbonyl (C=O) groups is 2. The Bertz CT molecular complexity index is 1390. The lowest BCUT2D eigenvalue weighted by Gasteiger charge is -2.40. The van der Waals surface area contributed by atoms with Crippen molar-refractivity contribution >= 4 is 17.8 Å². The van der Waals surface area contributed by atoms with Gasteiger partial charge in [0, 0.05) is 17.8 Å². The van der Waals surface area contributed by atoms with Crippen LogP contribution in [-0.2, 0) is 29.6 Å². The number of esters is 1. The molecular weight excluding hydrogens is 507 g/mol. The standard InChI is InChI=1S/C27H29FN6O5/c1-26(24(36)37-12-15-2-3-15)13-38-27(22(29)35,39-14-26)23-33-20(16-4-6-17(28)7-5-16)21(34-23)19-10-11-30-25(32-19)31-18-8-9-18/h4-7,10-11,15,18H,2-3,8-9,12-14H2,1H3,(H2,29,35)(H,33,34)(H,30,31,32). The second kappa shape index (κ2) is 9.69. The van der Waals surface area contributed by atoms with Gasteiger partial charge in [-0.15, -0.1) is 0 Å². The molecule has 11 nitrogen and oxygen atoms in total. The Labute approximate surface area is 223 Å². The molecule has 2 aromatic heterocycles. The third kappa shape index (κ3) is 5.09. The first-order valence-electron chi connectivity index (χ1n) is 13.0. The number of benzene rings is 1. The van der Waals surface area contributed by atoms with Crippen molar-refractivity contribution in [2.75, 3.05) is 25.1 Å². The maximum absolute atomic E-state index is 13.7. The number of hydrogen-bond acceptors (Lipinski definition) is 9. The van der Waals surface area contributed by atoms with Crippen LogP contribution >= 0.6 is 0 Å². The molecule has 6 rings (SSSR count). The number of ether oxygens (including phenoxy) is 3. The summed E-state index contributed by atoms with van der Waals surface area (Å²) in [6.07, 6.45) is 5.79. The summed E-state index contributed by atoms with van der Waals surface area (Å²) < 4.78 is 31.0. The number of aromatic amines is 1. The molecule has 1 aromatic carbocycles. The summed E-state index contributed by atoms with van der Waals surface area (Å²) in [5.41, 5.74) is 6.53. The van der Waals surface area contributed by atoms with Crippen LogP contribution in [0.25, 0.3) is 22.6 Å². The molecule has 1 saturated heterocycles. The van der Waals surface area contributed by atoms with Crippen LogP contribution in [0, 0.1) is 17.2 Å². The minimum absolute atomic E-state index is 0.0203. The molecule has 1 amide bonds. The number of H-pyrrole nitrogens is 1. The number of nitrogens with zero attached hydrogens (tertiary/aromatic N) is 3. The Balaban J connectivity index is 1.34. The fourth-order valence-corrected chi connectivity index (χ4v) is 4.28. The molecule has 3 fully saturated rings. The molecule has 3 aromatic rings. The minimum Gasteiger partial charge on any atom is -0.465 e. The number of nitrogens with one attached hydrogen (secondary N) is 2. The van der Waals surface area contributed by atoms with Gasteiger partial charge in [0.15, 0.2) is 5.82 Å². The van der Waals surface area contributed by atoms with E-state index in [-0.39, 0.29) is 19.0 Å². The Hall–Kier alpha value is -3.90. The molecule has 2 saturated carbocycles. The Morgan fingerprint density at radius 1 is 1.13 bits per heavy atom. The molecule has 12 heteroatoms. The van der Waals surface area contributed by atoms with E-state index in [1.165, 1.54) is 12.1 Å². The van der Waals surface area contributed by atoms with Crippen LogP contribution in [0.15, 0.2) is 36.5 Å². The third-order valence-electron chi connectivity index (χ3n) is 7.11. The molecular formula is C27H29FN6O5. The Morgan fingerprint density at radius 2 is 1.85 bits per heavy atom. The number of imidazole rings is 1. The molecule has 0 unspecified atom stereocenters. The van der Waals surface area contributed by atoms with Crippen molar-refractivity contribution in [2.45, 2.75) is 44.4 Å². The van der Waals surface area contributed by atoms with Gasteiger partial charge in [-0.25, -0.2) is 19.3 Å². The smallest absolute Gasteiger partial charge is 0.316 e.